The minimum Gasteiger partial charge on any atom is -0.360 e. The third-order valence-corrected chi connectivity index (χ3v) is 3.23. The summed E-state index contributed by atoms with van der Waals surface area (Å²) >= 11 is 0. The van der Waals surface area contributed by atoms with E-state index in [1.165, 1.54) is 0 Å². The van der Waals surface area contributed by atoms with E-state index >= 15 is 0 Å². The molecule has 0 amide bonds. The molecule has 1 unspecified atom stereocenters. The summed E-state index contributed by atoms with van der Waals surface area (Å²) in [6.07, 6.45) is 3.88. The molecule has 2 aromatic rings. The van der Waals surface area contributed by atoms with E-state index in [-0.39, 0.29) is 11.8 Å². The van der Waals surface area contributed by atoms with Crippen LogP contribution in [0.3, 0.4) is 0 Å². The van der Waals surface area contributed by atoms with Crippen LogP contribution in [0.4, 0.5) is 0 Å². The average molecular weight is 244 g/mol. The van der Waals surface area contributed by atoms with Gasteiger partial charge in [0.1, 0.15) is 0 Å². The molecule has 96 valence electrons. The monoisotopic (exact) mass is 244 g/mol. The molecule has 0 radical (unpaired) electrons. The fourth-order valence-corrected chi connectivity index (χ4v) is 2.37. The third-order valence-electron chi connectivity index (χ3n) is 3.23. The number of hydrogen-bond donors (Lipinski definition) is 2. The van der Waals surface area contributed by atoms with Crippen molar-refractivity contribution in [2.45, 2.75) is 32.7 Å². The number of H-pyrrole nitrogens is 1. The number of aromatic amines is 1. The second-order valence-corrected chi connectivity index (χ2v) is 4.26. The van der Waals surface area contributed by atoms with Crippen molar-refractivity contribution in [2.75, 3.05) is 6.54 Å². The van der Waals surface area contributed by atoms with Crippen molar-refractivity contribution in [3.05, 3.63) is 36.0 Å². The van der Waals surface area contributed by atoms with E-state index in [0.29, 0.717) is 0 Å². The molecular weight excluding hydrogens is 224 g/mol. The van der Waals surface area contributed by atoms with Gasteiger partial charge in [0.15, 0.2) is 5.78 Å². The van der Waals surface area contributed by atoms with Crippen LogP contribution in [0.2, 0.25) is 0 Å². The van der Waals surface area contributed by atoms with E-state index in [1.807, 2.05) is 44.3 Å². The molecule has 3 nitrogen and oxygen atoms in total. The number of carbonyl (C=O) groups is 1. The molecule has 0 saturated carbocycles. The Morgan fingerprint density at radius 1 is 1.28 bits per heavy atom. The zero-order valence-electron chi connectivity index (χ0n) is 11.0. The van der Waals surface area contributed by atoms with E-state index in [9.17, 15) is 4.79 Å². The number of nitrogens with one attached hydrogen (secondary N) is 2. The normalized spacial score (nSPS) is 18.4. The van der Waals surface area contributed by atoms with Gasteiger partial charge in [0.25, 0.3) is 0 Å². The van der Waals surface area contributed by atoms with Gasteiger partial charge in [-0.3, -0.25) is 4.79 Å². The second-order valence-electron chi connectivity index (χ2n) is 4.26. The summed E-state index contributed by atoms with van der Waals surface area (Å²) in [5.41, 5.74) is 1.85. The first kappa shape index (κ1) is 12.8. The van der Waals surface area contributed by atoms with Gasteiger partial charge >= 0.3 is 0 Å². The average Bonchev–Trinajstić information content (AvgIpc) is 3.10. The molecule has 2 heterocycles. The van der Waals surface area contributed by atoms with E-state index in [1.54, 1.807) is 0 Å². The molecule has 1 aromatic heterocycles. The van der Waals surface area contributed by atoms with Gasteiger partial charge in [-0.05, 0) is 25.5 Å². The SMILES string of the molecule is CC.O=C(c1c[nH]c2ccccc12)C1CCCN1. The molecule has 18 heavy (non-hydrogen) atoms. The summed E-state index contributed by atoms with van der Waals surface area (Å²) in [6, 6.07) is 7.94. The number of benzene rings is 1. The van der Waals surface area contributed by atoms with Crippen molar-refractivity contribution in [3.8, 4) is 0 Å². The summed E-state index contributed by atoms with van der Waals surface area (Å²) in [4.78, 5) is 15.4. The lowest BCUT2D eigenvalue weighted by molar-refractivity contribution is 0.0954. The van der Waals surface area contributed by atoms with Crippen LogP contribution in [0.15, 0.2) is 30.5 Å². The predicted molar refractivity (Wildman–Crippen MR) is 75.0 cm³/mol. The summed E-state index contributed by atoms with van der Waals surface area (Å²) in [5.74, 6) is 0.218. The molecule has 1 saturated heterocycles. The molecule has 0 aliphatic carbocycles. The van der Waals surface area contributed by atoms with Crippen LogP contribution in [0.5, 0.6) is 0 Å². The van der Waals surface area contributed by atoms with Crippen LogP contribution in [0.1, 0.15) is 37.0 Å². The van der Waals surface area contributed by atoms with Crippen LogP contribution in [-0.2, 0) is 0 Å². The Morgan fingerprint density at radius 2 is 2.06 bits per heavy atom. The first-order valence-corrected chi connectivity index (χ1v) is 6.70. The molecule has 0 spiro atoms. The van der Waals surface area contributed by atoms with Crippen molar-refractivity contribution in [1.82, 2.24) is 10.3 Å². The van der Waals surface area contributed by atoms with Gasteiger partial charge in [-0.25, -0.2) is 0 Å². The fourth-order valence-electron chi connectivity index (χ4n) is 2.37. The molecule has 3 rings (SSSR count). The van der Waals surface area contributed by atoms with Gasteiger partial charge < -0.3 is 10.3 Å². The molecule has 1 aromatic carbocycles. The Kier molecular flexibility index (Phi) is 4.15. The summed E-state index contributed by atoms with van der Waals surface area (Å²) in [5, 5.41) is 4.27. The first-order chi connectivity index (χ1) is 8.86. The minimum atomic E-state index is 0.0132. The number of carbonyl (C=O) groups excluding carboxylic acids is 1. The second kappa shape index (κ2) is 5.83. The molecule has 0 bridgehead atoms. The topological polar surface area (TPSA) is 44.9 Å². The number of rotatable bonds is 2. The van der Waals surface area contributed by atoms with Crippen molar-refractivity contribution in [3.63, 3.8) is 0 Å². The van der Waals surface area contributed by atoms with Crippen molar-refractivity contribution in [1.29, 1.82) is 0 Å². The maximum absolute atomic E-state index is 12.2. The number of ketones is 1. The van der Waals surface area contributed by atoms with E-state index in [4.69, 9.17) is 0 Å². The number of para-hydroxylation sites is 1. The van der Waals surface area contributed by atoms with Crippen LogP contribution >= 0.6 is 0 Å². The highest BCUT2D eigenvalue weighted by Crippen LogP contribution is 2.21. The van der Waals surface area contributed by atoms with Gasteiger partial charge in [0.05, 0.1) is 6.04 Å². The van der Waals surface area contributed by atoms with E-state index in [2.05, 4.69) is 10.3 Å². The zero-order valence-corrected chi connectivity index (χ0v) is 11.0. The molecular formula is C15H20N2O. The Bertz CT molecular complexity index is 524. The molecule has 3 heteroatoms. The molecule has 1 aliphatic rings. The zero-order chi connectivity index (χ0) is 13.0. The number of Topliss-reactive ketones (excluding diaryl/α,β-unsaturated/α-hetero) is 1. The molecule has 1 atom stereocenters. The Balaban J connectivity index is 0.000000574. The highest BCUT2D eigenvalue weighted by molar-refractivity contribution is 6.10. The minimum absolute atomic E-state index is 0.0132. The number of hydrogen-bond acceptors (Lipinski definition) is 2. The lowest BCUT2D eigenvalue weighted by atomic mass is 10.0. The summed E-state index contributed by atoms with van der Waals surface area (Å²) in [6.45, 7) is 4.96. The first-order valence-electron chi connectivity index (χ1n) is 6.70. The maximum atomic E-state index is 12.2. The fraction of sp³-hybridized carbons (Fsp3) is 0.400. The number of aromatic nitrogens is 1. The van der Waals surface area contributed by atoms with Crippen molar-refractivity contribution >= 4 is 16.7 Å². The lowest BCUT2D eigenvalue weighted by Crippen LogP contribution is -2.30. The standard InChI is InChI=1S/C13H14N2O.C2H6/c16-13(12-6-3-7-14-12)10-8-15-11-5-2-1-4-9(10)11;1-2/h1-2,4-5,8,12,14-15H,3,6-7H2;1-2H3. The van der Waals surface area contributed by atoms with Gasteiger partial charge in [0.2, 0.25) is 0 Å². The predicted octanol–water partition coefficient (Wildman–Crippen LogP) is 3.13. The van der Waals surface area contributed by atoms with Gasteiger partial charge in [-0.15, -0.1) is 0 Å². The summed E-state index contributed by atoms with van der Waals surface area (Å²) < 4.78 is 0. The third kappa shape index (κ3) is 2.31. The molecule has 2 N–H and O–H groups in total. The van der Waals surface area contributed by atoms with E-state index in [0.717, 1.165) is 35.9 Å². The maximum Gasteiger partial charge on any atom is 0.181 e. The van der Waals surface area contributed by atoms with Gasteiger partial charge in [0, 0.05) is 22.7 Å². The van der Waals surface area contributed by atoms with Crippen LogP contribution < -0.4 is 5.32 Å². The van der Waals surface area contributed by atoms with Crippen molar-refractivity contribution in [2.24, 2.45) is 0 Å². The smallest absolute Gasteiger partial charge is 0.181 e. The quantitative estimate of drug-likeness (QED) is 0.797. The largest absolute Gasteiger partial charge is 0.360 e. The van der Waals surface area contributed by atoms with Crippen LogP contribution in [-0.4, -0.2) is 23.4 Å². The Hall–Kier alpha value is -1.61. The van der Waals surface area contributed by atoms with E-state index < -0.39 is 0 Å². The number of fused-ring (bicyclic) bond motifs is 1. The molecule has 1 aliphatic heterocycles. The van der Waals surface area contributed by atoms with Crippen LogP contribution in [0.25, 0.3) is 10.9 Å². The van der Waals surface area contributed by atoms with Crippen LogP contribution in [0, 0.1) is 0 Å². The highest BCUT2D eigenvalue weighted by atomic mass is 16.1. The lowest BCUT2D eigenvalue weighted by Gasteiger charge is -2.07. The van der Waals surface area contributed by atoms with Crippen molar-refractivity contribution < 1.29 is 4.79 Å². The Morgan fingerprint density at radius 3 is 2.78 bits per heavy atom. The highest BCUT2D eigenvalue weighted by Gasteiger charge is 2.24. The summed E-state index contributed by atoms with van der Waals surface area (Å²) in [7, 11) is 0. The van der Waals surface area contributed by atoms with Gasteiger partial charge in [-0.1, -0.05) is 32.0 Å². The van der Waals surface area contributed by atoms with Gasteiger partial charge in [-0.2, -0.15) is 0 Å². The Labute approximate surface area is 108 Å². The molecule has 1 fully saturated rings.